The van der Waals surface area contributed by atoms with Crippen LogP contribution in [-0.2, 0) is 4.79 Å². The Morgan fingerprint density at radius 3 is 2.28 bits per heavy atom. The number of carboxylic acid groups (broad SMARTS) is 1. The van der Waals surface area contributed by atoms with Crippen LogP contribution in [0.15, 0.2) is 18.2 Å². The fourth-order valence-electron chi connectivity index (χ4n) is 5.99. The highest BCUT2D eigenvalue weighted by Gasteiger charge is 2.51. The van der Waals surface area contributed by atoms with Gasteiger partial charge >= 0.3 is 12.0 Å². The molecule has 0 atom stereocenters. The van der Waals surface area contributed by atoms with Crippen LogP contribution in [0.25, 0.3) is 0 Å². The van der Waals surface area contributed by atoms with E-state index < -0.39 is 5.97 Å². The number of benzene rings is 1. The normalized spacial score (nSPS) is 29.3. The van der Waals surface area contributed by atoms with Gasteiger partial charge in [0.05, 0.1) is 5.56 Å². The monoisotopic (exact) mass is 399 g/mol. The predicted octanol–water partition coefficient (Wildman–Crippen LogP) is 3.29. The molecule has 1 aromatic carbocycles. The number of hydrogen-bond donors (Lipinski definition) is 4. The summed E-state index contributed by atoms with van der Waals surface area (Å²) in [6, 6.07) is 4.59. The quantitative estimate of drug-likeness (QED) is 0.589. The van der Waals surface area contributed by atoms with Crippen molar-refractivity contribution in [3.8, 4) is 0 Å². The average Bonchev–Trinajstić information content (AvgIpc) is 2.61. The van der Waals surface area contributed by atoms with E-state index in [1.54, 1.807) is 19.1 Å². The third-order valence-corrected chi connectivity index (χ3v) is 6.81. The standard InChI is InChI=1S/C22H29N3O4/c1-13-2-3-17(9-18(13)20(27)28)24-19(26)4-5-23-21(29)25-22-10-14-6-15(11-22)8-16(7-14)12-22/h2-3,9,14-16H,4-8,10-12H2,1H3,(H,24,26)(H,27,28)(H2,23,25,29). The van der Waals surface area contributed by atoms with Gasteiger partial charge in [0, 0.05) is 24.2 Å². The number of rotatable bonds is 6. The van der Waals surface area contributed by atoms with Crippen LogP contribution >= 0.6 is 0 Å². The Bertz CT molecular complexity index is 800. The summed E-state index contributed by atoms with van der Waals surface area (Å²) in [6.45, 7) is 1.95. The summed E-state index contributed by atoms with van der Waals surface area (Å²) in [7, 11) is 0. The Labute approximate surface area is 170 Å². The van der Waals surface area contributed by atoms with Gasteiger partial charge in [-0.25, -0.2) is 9.59 Å². The Morgan fingerprint density at radius 2 is 1.69 bits per heavy atom. The molecule has 4 aliphatic rings. The summed E-state index contributed by atoms with van der Waals surface area (Å²) >= 11 is 0. The number of aryl methyl sites for hydroxylation is 1. The highest BCUT2D eigenvalue weighted by atomic mass is 16.4. The molecule has 3 amide bonds. The van der Waals surface area contributed by atoms with Crippen LogP contribution in [0.2, 0.25) is 0 Å². The van der Waals surface area contributed by atoms with Crippen molar-refractivity contribution in [2.24, 2.45) is 17.8 Å². The molecule has 0 aliphatic heterocycles. The molecular weight excluding hydrogens is 370 g/mol. The van der Waals surface area contributed by atoms with Crippen LogP contribution in [-0.4, -0.2) is 35.1 Å². The highest BCUT2D eigenvalue weighted by Crippen LogP contribution is 2.55. The van der Waals surface area contributed by atoms with Gasteiger partial charge in [0.25, 0.3) is 0 Å². The fraction of sp³-hybridized carbons (Fsp3) is 0.591. The minimum Gasteiger partial charge on any atom is -0.478 e. The van der Waals surface area contributed by atoms with Gasteiger partial charge in [-0.15, -0.1) is 0 Å². The zero-order chi connectivity index (χ0) is 20.6. The number of nitrogens with one attached hydrogen (secondary N) is 3. The third kappa shape index (κ3) is 4.38. The molecule has 4 aliphatic carbocycles. The zero-order valence-electron chi connectivity index (χ0n) is 16.8. The van der Waals surface area contributed by atoms with Gasteiger partial charge in [-0.05, 0) is 80.9 Å². The molecule has 4 fully saturated rings. The number of hydrogen-bond acceptors (Lipinski definition) is 3. The van der Waals surface area contributed by atoms with Crippen molar-refractivity contribution < 1.29 is 19.5 Å². The molecule has 0 spiro atoms. The lowest BCUT2D eigenvalue weighted by molar-refractivity contribution is -0.116. The molecule has 29 heavy (non-hydrogen) atoms. The van der Waals surface area contributed by atoms with Crippen LogP contribution in [0.3, 0.4) is 0 Å². The van der Waals surface area contributed by atoms with Crippen molar-refractivity contribution in [3.05, 3.63) is 29.3 Å². The van der Waals surface area contributed by atoms with E-state index in [-0.39, 0.29) is 36.0 Å². The van der Waals surface area contributed by atoms with Crippen molar-refractivity contribution in [2.75, 3.05) is 11.9 Å². The van der Waals surface area contributed by atoms with Gasteiger partial charge in [0.15, 0.2) is 0 Å². The number of aromatic carboxylic acids is 1. The van der Waals surface area contributed by atoms with E-state index in [2.05, 4.69) is 16.0 Å². The molecule has 4 bridgehead atoms. The van der Waals surface area contributed by atoms with Crippen LogP contribution in [0.4, 0.5) is 10.5 Å². The maximum absolute atomic E-state index is 12.4. The second-order valence-corrected chi connectivity index (χ2v) is 9.21. The first kappa shape index (κ1) is 19.7. The first-order valence-corrected chi connectivity index (χ1v) is 10.5. The summed E-state index contributed by atoms with van der Waals surface area (Å²) in [6.07, 6.45) is 7.37. The van der Waals surface area contributed by atoms with Gasteiger partial charge in [-0.1, -0.05) is 6.07 Å². The molecule has 0 radical (unpaired) electrons. The molecule has 4 N–H and O–H groups in total. The highest BCUT2D eigenvalue weighted by molar-refractivity contribution is 5.95. The van der Waals surface area contributed by atoms with Gasteiger partial charge in [-0.3, -0.25) is 4.79 Å². The van der Waals surface area contributed by atoms with Crippen molar-refractivity contribution in [1.29, 1.82) is 0 Å². The Morgan fingerprint density at radius 1 is 1.07 bits per heavy atom. The van der Waals surface area contributed by atoms with Crippen molar-refractivity contribution in [2.45, 2.75) is 57.4 Å². The molecule has 1 aromatic rings. The second-order valence-electron chi connectivity index (χ2n) is 9.21. The first-order chi connectivity index (χ1) is 13.8. The molecule has 7 nitrogen and oxygen atoms in total. The predicted molar refractivity (Wildman–Crippen MR) is 109 cm³/mol. The van der Waals surface area contributed by atoms with E-state index in [1.165, 1.54) is 25.3 Å². The summed E-state index contributed by atoms with van der Waals surface area (Å²) in [4.78, 5) is 35.7. The SMILES string of the molecule is Cc1ccc(NC(=O)CCNC(=O)NC23CC4CC(CC(C4)C2)C3)cc1C(=O)O. The lowest BCUT2D eigenvalue weighted by Gasteiger charge is -2.56. The van der Waals surface area contributed by atoms with Crippen LogP contribution < -0.4 is 16.0 Å². The van der Waals surface area contributed by atoms with Crippen molar-refractivity contribution >= 4 is 23.6 Å². The Kier molecular flexibility index (Phi) is 5.23. The molecule has 4 saturated carbocycles. The molecule has 7 heteroatoms. The second kappa shape index (κ2) is 7.69. The van der Waals surface area contributed by atoms with Crippen LogP contribution in [0.5, 0.6) is 0 Å². The number of carbonyl (C=O) groups excluding carboxylic acids is 2. The topological polar surface area (TPSA) is 108 Å². The number of carbonyl (C=O) groups is 3. The minimum atomic E-state index is -1.03. The lowest BCUT2D eigenvalue weighted by Crippen LogP contribution is -2.61. The minimum absolute atomic E-state index is 0.0454. The summed E-state index contributed by atoms with van der Waals surface area (Å²) in [5.41, 5.74) is 1.20. The third-order valence-electron chi connectivity index (χ3n) is 6.81. The molecule has 5 rings (SSSR count). The summed E-state index contributed by atoms with van der Waals surface area (Å²) < 4.78 is 0. The summed E-state index contributed by atoms with van der Waals surface area (Å²) in [5.74, 6) is 0.995. The van der Waals surface area contributed by atoms with Crippen LogP contribution in [0.1, 0.15) is 60.9 Å². The zero-order valence-corrected chi connectivity index (χ0v) is 16.8. The van der Waals surface area contributed by atoms with Gasteiger partial charge in [0.2, 0.25) is 5.91 Å². The van der Waals surface area contributed by atoms with E-state index in [0.29, 0.717) is 11.3 Å². The lowest BCUT2D eigenvalue weighted by atomic mass is 9.53. The molecule has 156 valence electrons. The molecule has 0 aromatic heterocycles. The molecule has 0 unspecified atom stereocenters. The number of anilines is 1. The maximum Gasteiger partial charge on any atom is 0.336 e. The Hall–Kier alpha value is -2.57. The van der Waals surface area contributed by atoms with E-state index >= 15 is 0 Å². The molecular formula is C22H29N3O4. The smallest absolute Gasteiger partial charge is 0.336 e. The van der Waals surface area contributed by atoms with E-state index in [9.17, 15) is 19.5 Å². The first-order valence-electron chi connectivity index (χ1n) is 10.5. The molecule has 0 heterocycles. The number of urea groups is 1. The average molecular weight is 399 g/mol. The van der Waals surface area contributed by atoms with Crippen molar-refractivity contribution in [3.63, 3.8) is 0 Å². The fourth-order valence-corrected chi connectivity index (χ4v) is 5.99. The number of carboxylic acids is 1. The van der Waals surface area contributed by atoms with Gasteiger partial charge < -0.3 is 21.1 Å². The van der Waals surface area contributed by atoms with E-state index in [0.717, 1.165) is 37.0 Å². The van der Waals surface area contributed by atoms with Gasteiger partial charge in [-0.2, -0.15) is 0 Å². The molecule has 0 saturated heterocycles. The largest absolute Gasteiger partial charge is 0.478 e. The maximum atomic E-state index is 12.4. The van der Waals surface area contributed by atoms with E-state index in [4.69, 9.17) is 0 Å². The Balaban J connectivity index is 1.23. The van der Waals surface area contributed by atoms with Crippen LogP contribution in [0, 0.1) is 24.7 Å². The van der Waals surface area contributed by atoms with Gasteiger partial charge in [0.1, 0.15) is 0 Å². The van der Waals surface area contributed by atoms with Crippen molar-refractivity contribution in [1.82, 2.24) is 10.6 Å². The number of amides is 3. The summed E-state index contributed by atoms with van der Waals surface area (Å²) in [5, 5.41) is 17.9. The van der Waals surface area contributed by atoms with E-state index in [1.807, 2.05) is 0 Å².